The summed E-state index contributed by atoms with van der Waals surface area (Å²) in [6.45, 7) is 10.4. The summed E-state index contributed by atoms with van der Waals surface area (Å²) in [5.41, 5.74) is 5.48. The molecule has 0 spiro atoms. The second kappa shape index (κ2) is 14.5. The molecule has 0 saturated carbocycles. The third-order valence-electron chi connectivity index (χ3n) is 4.18. The molecular weight excluding hydrogens is 400 g/mol. The highest BCUT2D eigenvalue weighted by Gasteiger charge is 2.10. The minimum atomic E-state index is 0.478. The molecule has 4 N–H and O–H groups in total. The van der Waals surface area contributed by atoms with Gasteiger partial charge in [-0.25, -0.2) is 0 Å². The zero-order chi connectivity index (χ0) is 19.9. The average Bonchev–Trinajstić information content (AvgIpc) is 2.72. The van der Waals surface area contributed by atoms with Crippen LogP contribution in [-0.2, 0) is 9.47 Å². The monoisotopic (exact) mass is 430 g/mol. The maximum Gasteiger partial charge on any atom is 0.187 e. The summed E-state index contributed by atoms with van der Waals surface area (Å²) in [4.78, 5) is 4.66. The number of nitrogens with zero attached hydrogens (tertiary/aromatic N) is 4. The Labute approximate surface area is 177 Å². The molecule has 28 heavy (non-hydrogen) atoms. The van der Waals surface area contributed by atoms with E-state index < -0.39 is 0 Å². The largest absolute Gasteiger partial charge is 0.379 e. The fraction of sp³-hybridized carbons (Fsp3) is 0.750. The second-order valence-corrected chi connectivity index (χ2v) is 7.02. The summed E-state index contributed by atoms with van der Waals surface area (Å²) >= 11 is 10.3. The summed E-state index contributed by atoms with van der Waals surface area (Å²) in [6, 6.07) is 0. The van der Waals surface area contributed by atoms with E-state index in [0.29, 0.717) is 10.2 Å². The fourth-order valence-electron chi connectivity index (χ4n) is 2.64. The summed E-state index contributed by atoms with van der Waals surface area (Å²) in [5, 5.41) is 15.1. The van der Waals surface area contributed by atoms with Gasteiger partial charge in [-0.05, 0) is 24.4 Å². The minimum absolute atomic E-state index is 0.478. The van der Waals surface area contributed by atoms with Crippen LogP contribution in [0.15, 0.2) is 10.2 Å². The van der Waals surface area contributed by atoms with Crippen LogP contribution >= 0.6 is 24.4 Å². The highest BCUT2D eigenvalue weighted by atomic mass is 32.1. The van der Waals surface area contributed by atoms with Gasteiger partial charge in [-0.1, -0.05) is 0 Å². The number of nitrogens with one attached hydrogen (secondary N) is 4. The standard InChI is InChI=1S/C16H30N8O2S2/c27-15(17-3-5-23-7-11-25-12-8-23)21-19-1-2-20-22-16(28)18-4-6-24-9-13-26-14-10-24/h1-2H,3-14H2,(H2,17,21,27)(H2,18,22,28). The van der Waals surface area contributed by atoms with Crippen LogP contribution in [0.2, 0.25) is 0 Å². The van der Waals surface area contributed by atoms with Crippen LogP contribution in [0.4, 0.5) is 0 Å². The van der Waals surface area contributed by atoms with E-state index >= 15 is 0 Å². The molecule has 0 aromatic heterocycles. The number of thiocarbonyl (C=S) groups is 2. The second-order valence-electron chi connectivity index (χ2n) is 6.20. The predicted octanol–water partition coefficient (Wildman–Crippen LogP) is -1.45. The van der Waals surface area contributed by atoms with Crippen molar-refractivity contribution in [1.82, 2.24) is 31.3 Å². The molecule has 12 heteroatoms. The quantitative estimate of drug-likeness (QED) is 0.198. The van der Waals surface area contributed by atoms with Gasteiger partial charge in [0.25, 0.3) is 0 Å². The molecule has 2 heterocycles. The summed E-state index contributed by atoms with van der Waals surface area (Å²) in [5.74, 6) is 0. The van der Waals surface area contributed by atoms with Gasteiger partial charge in [0.1, 0.15) is 0 Å². The van der Waals surface area contributed by atoms with Crippen molar-refractivity contribution in [3.05, 3.63) is 0 Å². The zero-order valence-corrected chi connectivity index (χ0v) is 17.7. The van der Waals surface area contributed by atoms with E-state index in [1.54, 1.807) is 0 Å². The highest BCUT2D eigenvalue weighted by molar-refractivity contribution is 7.80. The zero-order valence-electron chi connectivity index (χ0n) is 16.1. The molecule has 0 aromatic carbocycles. The first-order valence-electron chi connectivity index (χ1n) is 9.46. The normalized spacial score (nSPS) is 19.0. The third-order valence-corrected chi connectivity index (χ3v) is 4.65. The molecule has 2 aliphatic heterocycles. The van der Waals surface area contributed by atoms with Crippen LogP contribution < -0.4 is 21.5 Å². The lowest BCUT2D eigenvalue weighted by Crippen LogP contribution is -2.43. The van der Waals surface area contributed by atoms with Crippen LogP contribution in [-0.4, -0.2) is 111 Å². The van der Waals surface area contributed by atoms with Gasteiger partial charge in [0.15, 0.2) is 10.2 Å². The van der Waals surface area contributed by atoms with Gasteiger partial charge >= 0.3 is 0 Å². The molecule has 2 aliphatic rings. The summed E-state index contributed by atoms with van der Waals surface area (Å²) in [6.07, 6.45) is 3.00. The number of morpholine rings is 2. The van der Waals surface area contributed by atoms with Crippen molar-refractivity contribution >= 4 is 47.1 Å². The van der Waals surface area contributed by atoms with E-state index in [1.165, 1.54) is 12.4 Å². The fourth-order valence-corrected chi connectivity index (χ4v) is 2.95. The molecule has 0 radical (unpaired) electrons. The van der Waals surface area contributed by atoms with Crippen molar-refractivity contribution in [2.75, 3.05) is 78.8 Å². The number of hydrazone groups is 2. The molecule has 0 amide bonds. The molecule has 0 bridgehead atoms. The van der Waals surface area contributed by atoms with E-state index in [1.807, 2.05) is 0 Å². The molecule has 2 fully saturated rings. The van der Waals surface area contributed by atoms with Crippen molar-refractivity contribution in [1.29, 1.82) is 0 Å². The minimum Gasteiger partial charge on any atom is -0.379 e. The molecule has 0 unspecified atom stereocenters. The Kier molecular flexibility index (Phi) is 11.9. The van der Waals surface area contributed by atoms with Gasteiger partial charge < -0.3 is 20.1 Å². The molecule has 0 atom stereocenters. The van der Waals surface area contributed by atoms with E-state index in [9.17, 15) is 0 Å². The first-order chi connectivity index (χ1) is 13.7. The van der Waals surface area contributed by atoms with E-state index in [0.717, 1.165) is 78.8 Å². The number of hydrogen-bond acceptors (Lipinski definition) is 8. The van der Waals surface area contributed by atoms with Gasteiger partial charge in [0.2, 0.25) is 0 Å². The molecule has 2 rings (SSSR count). The van der Waals surface area contributed by atoms with Crippen molar-refractivity contribution in [2.45, 2.75) is 0 Å². The van der Waals surface area contributed by atoms with Crippen molar-refractivity contribution in [3.8, 4) is 0 Å². The lowest BCUT2D eigenvalue weighted by Gasteiger charge is -2.26. The Morgan fingerprint density at radius 2 is 1.14 bits per heavy atom. The third kappa shape index (κ3) is 10.8. The SMILES string of the molecule is S=C(NCCN1CCOCC1)NN=CC=NNC(=S)NCCN1CCOCC1. The highest BCUT2D eigenvalue weighted by Crippen LogP contribution is 1.95. The molecular formula is C16H30N8O2S2. The maximum absolute atomic E-state index is 5.32. The predicted molar refractivity (Wildman–Crippen MR) is 119 cm³/mol. The van der Waals surface area contributed by atoms with Crippen LogP contribution in [0.25, 0.3) is 0 Å². The summed E-state index contributed by atoms with van der Waals surface area (Å²) < 4.78 is 10.6. The van der Waals surface area contributed by atoms with Gasteiger partial charge in [-0.3, -0.25) is 20.7 Å². The lowest BCUT2D eigenvalue weighted by molar-refractivity contribution is 0.0388. The Bertz CT molecular complexity index is 477. The van der Waals surface area contributed by atoms with Crippen molar-refractivity contribution in [2.24, 2.45) is 10.2 Å². The maximum atomic E-state index is 5.32. The lowest BCUT2D eigenvalue weighted by atomic mass is 10.4. The Morgan fingerprint density at radius 3 is 1.54 bits per heavy atom. The molecule has 0 aromatic rings. The Hall–Kier alpha value is -1.44. The van der Waals surface area contributed by atoms with Crippen molar-refractivity contribution in [3.63, 3.8) is 0 Å². The van der Waals surface area contributed by atoms with Gasteiger partial charge in [0, 0.05) is 52.4 Å². The topological polar surface area (TPSA) is 97.8 Å². The summed E-state index contributed by atoms with van der Waals surface area (Å²) in [7, 11) is 0. The van der Waals surface area contributed by atoms with Crippen molar-refractivity contribution < 1.29 is 9.47 Å². The van der Waals surface area contributed by atoms with Crippen LogP contribution in [0.3, 0.4) is 0 Å². The van der Waals surface area contributed by atoms with Gasteiger partial charge in [-0.15, -0.1) is 0 Å². The molecule has 0 aliphatic carbocycles. The average molecular weight is 431 g/mol. The molecule has 158 valence electrons. The number of rotatable bonds is 9. The first kappa shape index (κ1) is 22.8. The Balaban J connectivity index is 1.44. The van der Waals surface area contributed by atoms with E-state index in [4.69, 9.17) is 33.9 Å². The van der Waals surface area contributed by atoms with Crippen LogP contribution in [0.1, 0.15) is 0 Å². The number of hydrogen-bond donors (Lipinski definition) is 4. The first-order valence-corrected chi connectivity index (χ1v) is 10.3. The van der Waals surface area contributed by atoms with E-state index in [-0.39, 0.29) is 0 Å². The molecule has 10 nitrogen and oxygen atoms in total. The van der Waals surface area contributed by atoms with Gasteiger partial charge in [-0.2, -0.15) is 10.2 Å². The van der Waals surface area contributed by atoms with Crippen LogP contribution in [0.5, 0.6) is 0 Å². The molecule has 2 saturated heterocycles. The smallest absolute Gasteiger partial charge is 0.187 e. The number of ether oxygens (including phenoxy) is 2. The Morgan fingerprint density at radius 1 is 0.750 bits per heavy atom. The van der Waals surface area contributed by atoms with Crippen LogP contribution in [0, 0.1) is 0 Å². The van der Waals surface area contributed by atoms with E-state index in [2.05, 4.69) is 41.5 Å². The van der Waals surface area contributed by atoms with Gasteiger partial charge in [0.05, 0.1) is 38.9 Å².